The van der Waals surface area contributed by atoms with Crippen molar-refractivity contribution in [1.82, 2.24) is 29.8 Å². The molecule has 9 nitrogen and oxygen atoms in total. The normalized spacial score (nSPS) is 22.7. The number of ether oxygens (including phenoxy) is 1. The molecule has 0 bridgehead atoms. The van der Waals surface area contributed by atoms with Crippen molar-refractivity contribution in [2.24, 2.45) is 5.92 Å². The van der Waals surface area contributed by atoms with Crippen LogP contribution in [0.3, 0.4) is 0 Å². The number of hydrogen-bond donors (Lipinski definition) is 0. The molecule has 9 heteroatoms. The third-order valence-corrected chi connectivity index (χ3v) is 5.47. The number of methoxy groups -OCH3 is 1. The predicted octanol–water partition coefficient (Wildman–Crippen LogP) is 1.03. The van der Waals surface area contributed by atoms with E-state index in [2.05, 4.69) is 35.1 Å². The highest BCUT2D eigenvalue weighted by Gasteiger charge is 2.39. The van der Waals surface area contributed by atoms with E-state index in [4.69, 9.17) is 4.74 Å². The summed E-state index contributed by atoms with van der Waals surface area (Å²) in [5.74, 6) is 3.19. The van der Waals surface area contributed by atoms with Gasteiger partial charge in [-0.3, -0.25) is 0 Å². The van der Waals surface area contributed by atoms with Crippen molar-refractivity contribution >= 4 is 17.3 Å². The van der Waals surface area contributed by atoms with E-state index < -0.39 is 0 Å². The Balaban J connectivity index is 1.41. The van der Waals surface area contributed by atoms with Crippen LogP contribution < -0.4 is 14.5 Å². The fraction of sp³-hybridized carbons (Fsp3) is 0.471. The number of aromatic nitrogens is 6. The van der Waals surface area contributed by atoms with E-state index >= 15 is 0 Å². The highest BCUT2D eigenvalue weighted by atomic mass is 16.5. The monoisotopic (exact) mass is 352 g/mol. The van der Waals surface area contributed by atoms with Gasteiger partial charge in [-0.2, -0.15) is 4.52 Å². The Morgan fingerprint density at radius 2 is 2.04 bits per heavy atom. The molecule has 2 aliphatic rings. The summed E-state index contributed by atoms with van der Waals surface area (Å²) < 4.78 is 6.98. The summed E-state index contributed by atoms with van der Waals surface area (Å²) in [6.07, 6.45) is 5.57. The van der Waals surface area contributed by atoms with Crippen LogP contribution >= 0.6 is 0 Å². The molecule has 3 aromatic rings. The zero-order valence-corrected chi connectivity index (χ0v) is 14.6. The quantitative estimate of drug-likeness (QED) is 0.691. The molecular formula is C17H20N8O. The second-order valence-electron chi connectivity index (χ2n) is 6.79. The number of nitrogens with zero attached hydrogens (tertiary/aromatic N) is 8. The third kappa shape index (κ3) is 2.51. The van der Waals surface area contributed by atoms with Crippen LogP contribution in [0.15, 0.2) is 30.9 Å². The summed E-state index contributed by atoms with van der Waals surface area (Å²) in [6.45, 7) is 2.96. The topological polar surface area (TPSA) is 84.6 Å². The van der Waals surface area contributed by atoms with E-state index in [1.165, 1.54) is 6.42 Å². The highest BCUT2D eigenvalue weighted by molar-refractivity contribution is 5.49. The Morgan fingerprint density at radius 1 is 1.12 bits per heavy atom. The lowest BCUT2D eigenvalue weighted by molar-refractivity contribution is 0.383. The Hall–Kier alpha value is -2.97. The average molecular weight is 352 g/mol. The molecular weight excluding hydrogens is 332 g/mol. The van der Waals surface area contributed by atoms with Gasteiger partial charge < -0.3 is 14.5 Å². The van der Waals surface area contributed by atoms with Gasteiger partial charge in [-0.1, -0.05) is 0 Å². The van der Waals surface area contributed by atoms with Gasteiger partial charge >= 0.3 is 0 Å². The minimum Gasteiger partial charge on any atom is -0.481 e. The van der Waals surface area contributed by atoms with E-state index in [1.54, 1.807) is 24.3 Å². The lowest BCUT2D eigenvalue weighted by atomic mass is 9.92. The Bertz CT molecular complexity index is 928. The Morgan fingerprint density at radius 3 is 2.96 bits per heavy atom. The number of piperidine rings is 1. The standard InChI is InChI=1S/C17H20N8O/c1-26-17-8-16(18-10-19-17)23-6-4-12-5-7-24(13(12)9-23)15-3-2-14-21-20-11-25(14)22-15/h2-3,8,10-13H,4-7,9H2,1H3. The Labute approximate surface area is 150 Å². The fourth-order valence-corrected chi connectivity index (χ4v) is 4.12. The van der Waals surface area contributed by atoms with Crippen LogP contribution in [0.25, 0.3) is 5.65 Å². The summed E-state index contributed by atoms with van der Waals surface area (Å²) >= 11 is 0. The van der Waals surface area contributed by atoms with Crippen LogP contribution in [-0.4, -0.2) is 62.6 Å². The third-order valence-electron chi connectivity index (χ3n) is 5.47. The molecule has 3 aromatic heterocycles. The zero-order valence-electron chi connectivity index (χ0n) is 14.6. The summed E-state index contributed by atoms with van der Waals surface area (Å²) in [5, 5.41) is 12.6. The molecule has 2 atom stereocenters. The summed E-state index contributed by atoms with van der Waals surface area (Å²) in [5.41, 5.74) is 0.767. The minimum absolute atomic E-state index is 0.422. The molecule has 0 amide bonds. The predicted molar refractivity (Wildman–Crippen MR) is 95.4 cm³/mol. The van der Waals surface area contributed by atoms with Crippen molar-refractivity contribution in [3.63, 3.8) is 0 Å². The van der Waals surface area contributed by atoms with Crippen LogP contribution in [0.1, 0.15) is 12.8 Å². The maximum absolute atomic E-state index is 5.24. The molecule has 5 heterocycles. The molecule has 0 N–H and O–H groups in total. The largest absolute Gasteiger partial charge is 0.481 e. The van der Waals surface area contributed by atoms with Gasteiger partial charge in [0.1, 0.15) is 24.3 Å². The molecule has 2 aliphatic heterocycles. The summed E-state index contributed by atoms with van der Waals surface area (Å²) in [6, 6.07) is 6.34. The minimum atomic E-state index is 0.422. The van der Waals surface area contributed by atoms with Gasteiger partial charge in [0.15, 0.2) is 5.65 Å². The molecule has 2 unspecified atom stereocenters. The van der Waals surface area contributed by atoms with Gasteiger partial charge in [-0.25, -0.2) is 9.97 Å². The molecule has 5 rings (SSSR count). The maximum atomic E-state index is 5.24. The second-order valence-corrected chi connectivity index (χ2v) is 6.79. The van der Waals surface area contributed by atoms with E-state index in [1.807, 2.05) is 18.2 Å². The van der Waals surface area contributed by atoms with Gasteiger partial charge in [0.05, 0.1) is 13.2 Å². The van der Waals surface area contributed by atoms with Crippen molar-refractivity contribution in [3.05, 3.63) is 30.9 Å². The van der Waals surface area contributed by atoms with Crippen LogP contribution in [0, 0.1) is 5.92 Å². The van der Waals surface area contributed by atoms with Gasteiger partial charge in [0, 0.05) is 25.7 Å². The molecule has 0 spiro atoms. The van der Waals surface area contributed by atoms with Crippen LogP contribution in [0.5, 0.6) is 5.88 Å². The number of fused-ring (bicyclic) bond motifs is 2. The van der Waals surface area contributed by atoms with Gasteiger partial charge in [0.25, 0.3) is 0 Å². The lowest BCUT2D eigenvalue weighted by Crippen LogP contribution is -2.49. The van der Waals surface area contributed by atoms with Crippen molar-refractivity contribution in [1.29, 1.82) is 0 Å². The van der Waals surface area contributed by atoms with Gasteiger partial charge in [-0.05, 0) is 30.9 Å². The first-order chi connectivity index (χ1) is 12.8. The first-order valence-electron chi connectivity index (χ1n) is 8.86. The number of anilines is 2. The first-order valence-corrected chi connectivity index (χ1v) is 8.86. The van der Waals surface area contributed by atoms with E-state index in [0.717, 1.165) is 43.3 Å². The number of hydrogen-bond acceptors (Lipinski definition) is 8. The van der Waals surface area contributed by atoms with Crippen molar-refractivity contribution in [3.8, 4) is 5.88 Å². The van der Waals surface area contributed by atoms with Crippen LogP contribution in [-0.2, 0) is 0 Å². The molecule has 0 saturated carbocycles. The molecule has 0 aromatic carbocycles. The lowest BCUT2D eigenvalue weighted by Gasteiger charge is -2.39. The molecule has 2 saturated heterocycles. The van der Waals surface area contributed by atoms with Gasteiger partial charge in [0.2, 0.25) is 5.88 Å². The molecule has 0 radical (unpaired) electrons. The van der Waals surface area contributed by atoms with Crippen LogP contribution in [0.2, 0.25) is 0 Å². The van der Waals surface area contributed by atoms with Gasteiger partial charge in [-0.15, -0.1) is 15.3 Å². The van der Waals surface area contributed by atoms with Crippen molar-refractivity contribution in [2.45, 2.75) is 18.9 Å². The Kier molecular flexibility index (Phi) is 3.58. The zero-order chi connectivity index (χ0) is 17.5. The van der Waals surface area contributed by atoms with Crippen LogP contribution in [0.4, 0.5) is 11.6 Å². The van der Waals surface area contributed by atoms with E-state index in [-0.39, 0.29) is 0 Å². The van der Waals surface area contributed by atoms with E-state index in [0.29, 0.717) is 17.8 Å². The molecule has 2 fully saturated rings. The summed E-state index contributed by atoms with van der Waals surface area (Å²) in [7, 11) is 1.63. The first kappa shape index (κ1) is 15.3. The smallest absolute Gasteiger partial charge is 0.218 e. The second kappa shape index (κ2) is 6.08. The molecule has 0 aliphatic carbocycles. The van der Waals surface area contributed by atoms with Crippen molar-refractivity contribution < 1.29 is 4.74 Å². The maximum Gasteiger partial charge on any atom is 0.218 e. The fourth-order valence-electron chi connectivity index (χ4n) is 4.12. The highest BCUT2D eigenvalue weighted by Crippen LogP contribution is 2.35. The summed E-state index contributed by atoms with van der Waals surface area (Å²) in [4.78, 5) is 13.3. The van der Waals surface area contributed by atoms with Crippen molar-refractivity contribution in [2.75, 3.05) is 36.5 Å². The SMILES string of the molecule is COc1cc(N2CCC3CCN(c4ccc5nncn5n4)C3C2)ncn1. The molecule has 26 heavy (non-hydrogen) atoms. The van der Waals surface area contributed by atoms with E-state index in [9.17, 15) is 0 Å². The molecule has 134 valence electrons. The average Bonchev–Trinajstić information content (AvgIpc) is 3.33. The number of rotatable bonds is 3.